The van der Waals surface area contributed by atoms with E-state index in [1.54, 1.807) is 4.40 Å². The van der Waals surface area contributed by atoms with Gasteiger partial charge in [0.15, 0.2) is 5.65 Å². The highest BCUT2D eigenvalue weighted by atomic mass is 16.5. The molecule has 0 atom stereocenters. The van der Waals surface area contributed by atoms with Crippen LogP contribution in [0.5, 0.6) is 5.75 Å². The molecule has 4 rings (SSSR count). The van der Waals surface area contributed by atoms with Gasteiger partial charge in [-0.1, -0.05) is 24.3 Å². The van der Waals surface area contributed by atoms with Crippen molar-refractivity contribution in [2.45, 2.75) is 20.0 Å². The Bertz CT molecular complexity index is 1210. The van der Waals surface area contributed by atoms with Crippen LogP contribution >= 0.6 is 0 Å². The van der Waals surface area contributed by atoms with Gasteiger partial charge in [0.1, 0.15) is 5.75 Å². The first kappa shape index (κ1) is 18.2. The number of hydrogen-bond acceptors (Lipinski definition) is 5. The lowest BCUT2D eigenvalue weighted by molar-refractivity contribution is 0.282. The van der Waals surface area contributed by atoms with E-state index in [0.717, 1.165) is 39.6 Å². The molecule has 0 aliphatic carbocycles. The molecule has 2 aromatic heterocycles. The van der Waals surface area contributed by atoms with Crippen LogP contribution < -0.4 is 16.2 Å². The third-order valence-electron chi connectivity index (χ3n) is 4.89. The largest absolute Gasteiger partial charge is 0.493 e. The van der Waals surface area contributed by atoms with Crippen LogP contribution in [0.1, 0.15) is 17.5 Å². The zero-order chi connectivity index (χ0) is 19.7. The van der Waals surface area contributed by atoms with E-state index in [0.29, 0.717) is 24.5 Å². The first-order valence-electron chi connectivity index (χ1n) is 9.20. The molecular formula is C21H22N4O3. The summed E-state index contributed by atoms with van der Waals surface area (Å²) in [7, 11) is 0. The number of hydrogen-bond donors (Lipinski definition) is 3. The van der Waals surface area contributed by atoms with E-state index in [2.05, 4.69) is 10.2 Å². The number of fused-ring (bicyclic) bond motifs is 3. The molecule has 2 aromatic carbocycles. The molecule has 0 radical (unpaired) electrons. The average Bonchev–Trinajstić information content (AvgIpc) is 3.08. The smallest absolute Gasteiger partial charge is 0.348 e. The van der Waals surface area contributed by atoms with Crippen molar-refractivity contribution >= 4 is 16.6 Å². The fraction of sp³-hybridized carbons (Fsp3) is 0.238. The Labute approximate surface area is 161 Å². The number of aromatic nitrogens is 3. The van der Waals surface area contributed by atoms with Crippen molar-refractivity contribution < 1.29 is 9.84 Å². The highest BCUT2D eigenvalue weighted by Crippen LogP contribution is 2.37. The molecule has 7 heteroatoms. The van der Waals surface area contributed by atoms with Gasteiger partial charge in [0, 0.05) is 10.9 Å². The maximum atomic E-state index is 12.3. The normalized spacial score (nSPS) is 11.4. The molecule has 0 aliphatic heterocycles. The Hall–Kier alpha value is -3.16. The number of rotatable bonds is 6. The average molecular weight is 378 g/mol. The molecule has 144 valence electrons. The molecule has 4 aromatic rings. The summed E-state index contributed by atoms with van der Waals surface area (Å²) >= 11 is 0. The number of benzene rings is 2. The molecule has 0 unspecified atom stereocenters. The molecular weight excluding hydrogens is 356 g/mol. The standard InChI is InChI=1S/C21H22N4O3/c1-13-9-20-23-24-21(27)25(20)18-10-17(15-6-3-2-5-14(15)12-26)19(11-16(13)18)28-8-4-7-22/h2-3,5-6,9-11,26H,4,7-8,12,22H2,1H3,(H,24,27). The van der Waals surface area contributed by atoms with Gasteiger partial charge in [-0.05, 0) is 54.8 Å². The van der Waals surface area contributed by atoms with Crippen molar-refractivity contribution in [2.24, 2.45) is 5.73 Å². The van der Waals surface area contributed by atoms with Crippen LogP contribution in [0, 0.1) is 6.92 Å². The van der Waals surface area contributed by atoms with Crippen molar-refractivity contribution in [1.82, 2.24) is 14.6 Å². The maximum Gasteiger partial charge on any atom is 0.348 e. The molecule has 7 nitrogen and oxygen atoms in total. The summed E-state index contributed by atoms with van der Waals surface area (Å²) in [6.07, 6.45) is 0.734. The van der Waals surface area contributed by atoms with E-state index in [1.807, 2.05) is 49.4 Å². The molecule has 0 spiro atoms. The molecule has 0 bridgehead atoms. The van der Waals surface area contributed by atoms with E-state index in [1.165, 1.54) is 0 Å². The van der Waals surface area contributed by atoms with Gasteiger partial charge >= 0.3 is 5.69 Å². The van der Waals surface area contributed by atoms with Gasteiger partial charge in [0.25, 0.3) is 0 Å². The second kappa shape index (κ2) is 7.46. The number of aryl methyl sites for hydroxylation is 1. The van der Waals surface area contributed by atoms with Gasteiger partial charge in [-0.25, -0.2) is 14.3 Å². The second-order valence-electron chi connectivity index (χ2n) is 6.72. The predicted octanol–water partition coefficient (Wildman–Crippen LogP) is 2.37. The van der Waals surface area contributed by atoms with Crippen molar-refractivity contribution in [3.8, 4) is 16.9 Å². The van der Waals surface area contributed by atoms with Gasteiger partial charge < -0.3 is 15.6 Å². The van der Waals surface area contributed by atoms with E-state index < -0.39 is 0 Å². The molecule has 0 saturated carbocycles. The van der Waals surface area contributed by atoms with Gasteiger partial charge in [0.2, 0.25) is 0 Å². The number of aliphatic hydroxyl groups is 1. The SMILES string of the molecule is Cc1cc2n[nH]c(=O)n2c2cc(-c3ccccc3CO)c(OCCCN)cc12. The van der Waals surface area contributed by atoms with Crippen molar-refractivity contribution in [3.63, 3.8) is 0 Å². The number of ether oxygens (including phenoxy) is 1. The minimum atomic E-state index is -0.293. The van der Waals surface area contributed by atoms with Crippen LogP contribution in [0.4, 0.5) is 0 Å². The van der Waals surface area contributed by atoms with Crippen molar-refractivity contribution in [1.29, 1.82) is 0 Å². The Balaban J connectivity index is 2.04. The minimum absolute atomic E-state index is 0.0919. The van der Waals surface area contributed by atoms with E-state index in [-0.39, 0.29) is 12.3 Å². The minimum Gasteiger partial charge on any atom is -0.493 e. The number of H-pyrrole nitrogens is 1. The van der Waals surface area contributed by atoms with E-state index in [9.17, 15) is 9.90 Å². The Morgan fingerprint density at radius 3 is 2.82 bits per heavy atom. The van der Waals surface area contributed by atoms with E-state index >= 15 is 0 Å². The van der Waals surface area contributed by atoms with Crippen molar-refractivity contribution in [3.05, 3.63) is 64.1 Å². The van der Waals surface area contributed by atoms with Gasteiger partial charge in [0.05, 0.1) is 18.7 Å². The Kier molecular flexibility index (Phi) is 4.85. The fourth-order valence-electron chi connectivity index (χ4n) is 3.50. The summed E-state index contributed by atoms with van der Waals surface area (Å²) in [5, 5.41) is 17.3. The molecule has 0 amide bonds. The molecule has 2 heterocycles. The summed E-state index contributed by atoms with van der Waals surface area (Å²) in [6, 6.07) is 13.4. The predicted molar refractivity (Wildman–Crippen MR) is 109 cm³/mol. The number of nitrogens with two attached hydrogens (primary N) is 1. The Morgan fingerprint density at radius 1 is 1.21 bits per heavy atom. The van der Waals surface area contributed by atoms with Crippen LogP contribution in [0.3, 0.4) is 0 Å². The highest BCUT2D eigenvalue weighted by Gasteiger charge is 2.16. The maximum absolute atomic E-state index is 12.3. The molecule has 0 aliphatic rings. The Morgan fingerprint density at radius 2 is 2.04 bits per heavy atom. The topological polar surface area (TPSA) is 106 Å². The lowest BCUT2D eigenvalue weighted by Crippen LogP contribution is -2.11. The monoisotopic (exact) mass is 378 g/mol. The number of pyridine rings is 1. The lowest BCUT2D eigenvalue weighted by atomic mass is 9.96. The van der Waals surface area contributed by atoms with Crippen LogP contribution in [0.25, 0.3) is 27.7 Å². The molecule has 4 N–H and O–H groups in total. The number of aromatic amines is 1. The highest BCUT2D eigenvalue weighted by molar-refractivity contribution is 5.92. The molecule has 0 saturated heterocycles. The van der Waals surface area contributed by atoms with Crippen molar-refractivity contribution in [2.75, 3.05) is 13.2 Å². The number of aliphatic hydroxyl groups excluding tert-OH is 1. The lowest BCUT2D eigenvalue weighted by Gasteiger charge is -2.16. The van der Waals surface area contributed by atoms with Gasteiger partial charge in [-0.15, -0.1) is 0 Å². The van der Waals surface area contributed by atoms with E-state index in [4.69, 9.17) is 10.5 Å². The fourth-order valence-corrected chi connectivity index (χ4v) is 3.50. The molecule has 28 heavy (non-hydrogen) atoms. The zero-order valence-electron chi connectivity index (χ0n) is 15.6. The summed E-state index contributed by atoms with van der Waals surface area (Å²) in [5.74, 6) is 0.695. The summed E-state index contributed by atoms with van der Waals surface area (Å²) < 4.78 is 7.60. The summed E-state index contributed by atoms with van der Waals surface area (Å²) in [5.41, 5.74) is 10.1. The van der Waals surface area contributed by atoms with Gasteiger partial charge in [-0.2, -0.15) is 5.10 Å². The zero-order valence-corrected chi connectivity index (χ0v) is 15.6. The van der Waals surface area contributed by atoms with Crippen LogP contribution in [0.2, 0.25) is 0 Å². The van der Waals surface area contributed by atoms with Crippen LogP contribution in [0.15, 0.2) is 47.3 Å². The summed E-state index contributed by atoms with van der Waals surface area (Å²) in [4.78, 5) is 12.3. The summed E-state index contributed by atoms with van der Waals surface area (Å²) in [6.45, 7) is 2.92. The third-order valence-corrected chi connectivity index (χ3v) is 4.89. The molecule has 0 fully saturated rings. The third kappa shape index (κ3) is 3.04. The van der Waals surface area contributed by atoms with Gasteiger partial charge in [-0.3, -0.25) is 0 Å². The first-order valence-corrected chi connectivity index (χ1v) is 9.20. The second-order valence-corrected chi connectivity index (χ2v) is 6.72. The van der Waals surface area contributed by atoms with Crippen LogP contribution in [-0.4, -0.2) is 32.9 Å². The first-order chi connectivity index (χ1) is 13.6. The van der Waals surface area contributed by atoms with Crippen LogP contribution in [-0.2, 0) is 6.61 Å². The number of nitrogens with zero attached hydrogens (tertiary/aromatic N) is 2. The quantitative estimate of drug-likeness (QED) is 0.447. The number of nitrogens with one attached hydrogen (secondary N) is 1.